The normalized spacial score (nSPS) is 10.7. The van der Waals surface area contributed by atoms with Crippen LogP contribution in [0.25, 0.3) is 10.9 Å². The Morgan fingerprint density at radius 2 is 2.29 bits per heavy atom. The van der Waals surface area contributed by atoms with Crippen LogP contribution in [0.1, 0.15) is 24.2 Å². The first-order valence-electron chi connectivity index (χ1n) is 4.69. The molecule has 0 spiro atoms. The Hall–Kier alpha value is -1.64. The molecule has 0 aliphatic heterocycles. The van der Waals surface area contributed by atoms with E-state index in [1.54, 1.807) is 6.92 Å². The van der Waals surface area contributed by atoms with Gasteiger partial charge in [-0.25, -0.2) is 0 Å². The van der Waals surface area contributed by atoms with Gasteiger partial charge in [-0.1, -0.05) is 12.1 Å². The van der Waals surface area contributed by atoms with Crippen molar-refractivity contribution in [1.82, 2.24) is 9.78 Å². The Kier molecular flexibility index (Phi) is 2.08. The molecule has 0 amide bonds. The minimum Gasteiger partial charge on any atom is -0.294 e. The van der Waals surface area contributed by atoms with Crippen molar-refractivity contribution in [2.45, 2.75) is 20.4 Å². The molecule has 0 aliphatic rings. The van der Waals surface area contributed by atoms with Gasteiger partial charge in [0.05, 0.1) is 5.52 Å². The van der Waals surface area contributed by atoms with Crippen molar-refractivity contribution in [1.29, 1.82) is 0 Å². The maximum Gasteiger partial charge on any atom is 0.160 e. The highest BCUT2D eigenvalue weighted by Crippen LogP contribution is 2.17. The van der Waals surface area contributed by atoms with Gasteiger partial charge in [0.15, 0.2) is 5.78 Å². The predicted octanol–water partition coefficient (Wildman–Crippen LogP) is 2.26. The van der Waals surface area contributed by atoms with Crippen molar-refractivity contribution in [3.63, 3.8) is 0 Å². The molecule has 2 aromatic rings. The number of hydrogen-bond acceptors (Lipinski definition) is 2. The fourth-order valence-corrected chi connectivity index (χ4v) is 1.56. The second-order valence-corrected chi connectivity index (χ2v) is 3.28. The van der Waals surface area contributed by atoms with Crippen molar-refractivity contribution in [3.05, 3.63) is 30.0 Å². The van der Waals surface area contributed by atoms with E-state index in [0.717, 1.165) is 23.0 Å². The monoisotopic (exact) mass is 188 g/mol. The molecule has 0 atom stereocenters. The Morgan fingerprint density at radius 1 is 1.50 bits per heavy atom. The van der Waals surface area contributed by atoms with Gasteiger partial charge in [-0.2, -0.15) is 5.10 Å². The van der Waals surface area contributed by atoms with Gasteiger partial charge in [0.25, 0.3) is 0 Å². The fourth-order valence-electron chi connectivity index (χ4n) is 1.56. The highest BCUT2D eigenvalue weighted by atomic mass is 16.1. The van der Waals surface area contributed by atoms with E-state index in [0.29, 0.717) is 0 Å². The molecule has 1 heterocycles. The highest BCUT2D eigenvalue weighted by molar-refractivity contribution is 6.05. The van der Waals surface area contributed by atoms with E-state index in [1.165, 1.54) is 0 Å². The second kappa shape index (κ2) is 3.25. The molecule has 2 rings (SSSR count). The van der Waals surface area contributed by atoms with E-state index < -0.39 is 0 Å². The van der Waals surface area contributed by atoms with Crippen LogP contribution in [0.2, 0.25) is 0 Å². The van der Waals surface area contributed by atoms with Crippen molar-refractivity contribution >= 4 is 16.7 Å². The standard InChI is InChI=1S/C11H12N2O/c1-3-13-7-10-9(8(2)14)5-4-6-11(10)12-13/h4-7H,3H2,1-2H3. The molecule has 0 saturated carbocycles. The molecule has 1 aromatic carbocycles. The lowest BCUT2D eigenvalue weighted by Gasteiger charge is -1.94. The van der Waals surface area contributed by atoms with Crippen LogP contribution >= 0.6 is 0 Å². The van der Waals surface area contributed by atoms with E-state index in [2.05, 4.69) is 5.10 Å². The van der Waals surface area contributed by atoms with Crippen LogP contribution in [-0.4, -0.2) is 15.6 Å². The molecule has 0 aliphatic carbocycles. The van der Waals surface area contributed by atoms with Crippen LogP contribution in [0.5, 0.6) is 0 Å². The van der Waals surface area contributed by atoms with E-state index in [-0.39, 0.29) is 5.78 Å². The Morgan fingerprint density at radius 3 is 2.93 bits per heavy atom. The van der Waals surface area contributed by atoms with Crippen LogP contribution in [0.15, 0.2) is 24.4 Å². The van der Waals surface area contributed by atoms with Gasteiger partial charge in [0, 0.05) is 23.7 Å². The summed E-state index contributed by atoms with van der Waals surface area (Å²) >= 11 is 0. The predicted molar refractivity (Wildman–Crippen MR) is 55.4 cm³/mol. The Bertz CT molecular complexity index is 485. The zero-order chi connectivity index (χ0) is 10.1. The number of rotatable bonds is 2. The molecule has 1 aromatic heterocycles. The average Bonchev–Trinajstić information content (AvgIpc) is 2.59. The van der Waals surface area contributed by atoms with Crippen molar-refractivity contribution < 1.29 is 4.79 Å². The van der Waals surface area contributed by atoms with E-state index in [4.69, 9.17) is 0 Å². The number of Topliss-reactive ketones (excluding diaryl/α,β-unsaturated/α-hetero) is 1. The minimum atomic E-state index is 0.0891. The van der Waals surface area contributed by atoms with Gasteiger partial charge in [0.2, 0.25) is 0 Å². The topological polar surface area (TPSA) is 34.9 Å². The van der Waals surface area contributed by atoms with E-state index in [1.807, 2.05) is 36.0 Å². The highest BCUT2D eigenvalue weighted by Gasteiger charge is 2.07. The van der Waals surface area contributed by atoms with Gasteiger partial charge in [-0.3, -0.25) is 9.48 Å². The molecule has 0 saturated heterocycles. The summed E-state index contributed by atoms with van der Waals surface area (Å²) in [7, 11) is 0. The lowest BCUT2D eigenvalue weighted by atomic mass is 10.1. The first kappa shape index (κ1) is 8.94. The maximum atomic E-state index is 11.3. The summed E-state index contributed by atoms with van der Waals surface area (Å²) < 4.78 is 1.84. The summed E-state index contributed by atoms with van der Waals surface area (Å²) in [6.07, 6.45) is 1.92. The summed E-state index contributed by atoms with van der Waals surface area (Å²) in [5.41, 5.74) is 1.64. The number of carbonyl (C=O) groups excluding carboxylic acids is 1. The van der Waals surface area contributed by atoms with E-state index in [9.17, 15) is 4.79 Å². The molecule has 0 N–H and O–H groups in total. The fraction of sp³-hybridized carbons (Fsp3) is 0.273. The minimum absolute atomic E-state index is 0.0891. The maximum absolute atomic E-state index is 11.3. The number of benzene rings is 1. The first-order valence-corrected chi connectivity index (χ1v) is 4.69. The third kappa shape index (κ3) is 1.31. The smallest absolute Gasteiger partial charge is 0.160 e. The van der Waals surface area contributed by atoms with Gasteiger partial charge < -0.3 is 0 Å². The summed E-state index contributed by atoms with van der Waals surface area (Å²) in [4.78, 5) is 11.3. The van der Waals surface area contributed by atoms with Gasteiger partial charge >= 0.3 is 0 Å². The second-order valence-electron chi connectivity index (χ2n) is 3.28. The number of aromatic nitrogens is 2. The molecule has 14 heavy (non-hydrogen) atoms. The number of carbonyl (C=O) groups is 1. The average molecular weight is 188 g/mol. The molecular weight excluding hydrogens is 176 g/mol. The van der Waals surface area contributed by atoms with Crippen LogP contribution < -0.4 is 0 Å². The number of fused-ring (bicyclic) bond motifs is 1. The molecule has 0 unspecified atom stereocenters. The van der Waals surface area contributed by atoms with Crippen molar-refractivity contribution in [2.75, 3.05) is 0 Å². The first-order chi connectivity index (χ1) is 6.72. The lowest BCUT2D eigenvalue weighted by Crippen LogP contribution is -1.92. The summed E-state index contributed by atoms with van der Waals surface area (Å²) in [6.45, 7) is 4.43. The van der Waals surface area contributed by atoms with Crippen LogP contribution in [0.4, 0.5) is 0 Å². The molecule has 72 valence electrons. The number of aryl methyl sites for hydroxylation is 1. The molecule has 0 fully saturated rings. The largest absolute Gasteiger partial charge is 0.294 e. The molecule has 0 radical (unpaired) electrons. The number of hydrogen-bond donors (Lipinski definition) is 0. The molecular formula is C11H12N2O. The van der Waals surface area contributed by atoms with Gasteiger partial charge in [0.1, 0.15) is 0 Å². The zero-order valence-corrected chi connectivity index (χ0v) is 8.32. The van der Waals surface area contributed by atoms with Crippen LogP contribution in [0, 0.1) is 0 Å². The zero-order valence-electron chi connectivity index (χ0n) is 8.32. The number of nitrogens with zero attached hydrogens (tertiary/aromatic N) is 2. The Balaban J connectivity index is 2.73. The summed E-state index contributed by atoms with van der Waals surface area (Å²) in [5.74, 6) is 0.0891. The van der Waals surface area contributed by atoms with Gasteiger partial charge in [-0.05, 0) is 19.9 Å². The Labute approximate surface area is 82.3 Å². The third-order valence-electron chi connectivity index (χ3n) is 2.30. The lowest BCUT2D eigenvalue weighted by molar-refractivity contribution is 0.101. The summed E-state index contributed by atoms with van der Waals surface area (Å²) in [6, 6.07) is 5.63. The van der Waals surface area contributed by atoms with Crippen LogP contribution in [0.3, 0.4) is 0 Å². The van der Waals surface area contributed by atoms with Gasteiger partial charge in [-0.15, -0.1) is 0 Å². The van der Waals surface area contributed by atoms with E-state index >= 15 is 0 Å². The quantitative estimate of drug-likeness (QED) is 0.677. The van der Waals surface area contributed by atoms with Crippen molar-refractivity contribution in [3.8, 4) is 0 Å². The van der Waals surface area contributed by atoms with Crippen molar-refractivity contribution in [2.24, 2.45) is 0 Å². The SMILES string of the molecule is CCn1cc2c(C(C)=O)cccc2n1. The number of ketones is 1. The summed E-state index contributed by atoms with van der Waals surface area (Å²) in [5, 5.41) is 5.28. The molecule has 0 bridgehead atoms. The molecule has 3 nitrogen and oxygen atoms in total. The third-order valence-corrected chi connectivity index (χ3v) is 2.30. The molecule has 3 heteroatoms. The van der Waals surface area contributed by atoms with Crippen LogP contribution in [-0.2, 0) is 6.54 Å².